The van der Waals surface area contributed by atoms with E-state index in [0.29, 0.717) is 6.54 Å². The molecule has 0 bridgehead atoms. The maximum atomic E-state index is 12.6. The van der Waals surface area contributed by atoms with Crippen molar-refractivity contribution in [2.75, 3.05) is 13.6 Å². The van der Waals surface area contributed by atoms with Gasteiger partial charge in [-0.3, -0.25) is 0 Å². The van der Waals surface area contributed by atoms with Crippen molar-refractivity contribution < 1.29 is 17.9 Å². The van der Waals surface area contributed by atoms with E-state index in [0.717, 1.165) is 10.6 Å². The molecule has 0 aliphatic heterocycles. The average Bonchev–Trinajstić information content (AvgIpc) is 2.74. The zero-order valence-electron chi connectivity index (χ0n) is 10.4. The molecule has 104 valence electrons. The Morgan fingerprint density at radius 3 is 2.84 bits per heavy atom. The fourth-order valence-corrected chi connectivity index (χ4v) is 1.65. The molecule has 19 heavy (non-hydrogen) atoms. The first-order chi connectivity index (χ1) is 8.91. The van der Waals surface area contributed by atoms with Gasteiger partial charge in [0.1, 0.15) is 11.6 Å². The first-order valence-corrected chi connectivity index (χ1v) is 5.64. The van der Waals surface area contributed by atoms with Crippen LogP contribution in [0.2, 0.25) is 0 Å². The van der Waals surface area contributed by atoms with Crippen LogP contribution in [0.5, 0.6) is 5.88 Å². The van der Waals surface area contributed by atoms with E-state index in [2.05, 4.69) is 15.4 Å². The van der Waals surface area contributed by atoms with E-state index in [1.807, 2.05) is 0 Å². The molecule has 0 aromatic carbocycles. The van der Waals surface area contributed by atoms with Crippen molar-refractivity contribution in [1.29, 1.82) is 0 Å². The number of hydrogen-bond acceptors (Lipinski definition) is 4. The standard InChI is InChI=1S/C11H13F3N4O/c1-7(6-15-2)19-10-8-5-9(11(12,13)14)17-18(8)4-3-16-10/h3-5,7,15H,6H2,1-2H3. The normalized spacial score (nSPS) is 13.7. The van der Waals surface area contributed by atoms with Crippen LogP contribution in [0.1, 0.15) is 12.6 Å². The smallest absolute Gasteiger partial charge is 0.435 e. The molecule has 0 radical (unpaired) electrons. The minimum absolute atomic E-state index is 0.133. The van der Waals surface area contributed by atoms with Crippen LogP contribution in [0.25, 0.3) is 5.52 Å². The van der Waals surface area contributed by atoms with E-state index in [1.54, 1.807) is 14.0 Å². The molecule has 2 rings (SSSR count). The fraction of sp³-hybridized carbons (Fsp3) is 0.455. The van der Waals surface area contributed by atoms with Gasteiger partial charge in [0.15, 0.2) is 5.69 Å². The Hall–Kier alpha value is -1.83. The largest absolute Gasteiger partial charge is 0.472 e. The lowest BCUT2D eigenvalue weighted by Crippen LogP contribution is -2.26. The van der Waals surface area contributed by atoms with Crippen molar-refractivity contribution in [1.82, 2.24) is 19.9 Å². The topological polar surface area (TPSA) is 51.5 Å². The molecular formula is C11H13F3N4O. The lowest BCUT2D eigenvalue weighted by molar-refractivity contribution is -0.141. The second-order valence-corrected chi connectivity index (χ2v) is 4.08. The Morgan fingerprint density at radius 1 is 1.47 bits per heavy atom. The van der Waals surface area contributed by atoms with E-state index >= 15 is 0 Å². The van der Waals surface area contributed by atoms with Gasteiger partial charge in [0.05, 0.1) is 0 Å². The molecular weight excluding hydrogens is 261 g/mol. The molecule has 0 saturated heterocycles. The third-order valence-corrected chi connectivity index (χ3v) is 2.45. The molecule has 2 heterocycles. The monoisotopic (exact) mass is 274 g/mol. The third kappa shape index (κ3) is 2.95. The van der Waals surface area contributed by atoms with Crippen LogP contribution in [-0.4, -0.2) is 34.3 Å². The SMILES string of the molecule is CNCC(C)Oc1nccn2nc(C(F)(F)F)cc12. The molecule has 0 aliphatic carbocycles. The molecule has 0 saturated carbocycles. The number of alkyl halides is 3. The number of likely N-dealkylation sites (N-methyl/N-ethyl adjacent to an activating group) is 1. The van der Waals surface area contributed by atoms with E-state index < -0.39 is 11.9 Å². The summed E-state index contributed by atoms with van der Waals surface area (Å²) in [7, 11) is 1.76. The van der Waals surface area contributed by atoms with Crippen LogP contribution in [0.4, 0.5) is 13.2 Å². The Kier molecular flexibility index (Phi) is 3.61. The minimum atomic E-state index is -4.49. The number of nitrogens with one attached hydrogen (secondary N) is 1. The summed E-state index contributed by atoms with van der Waals surface area (Å²) in [5.41, 5.74) is -0.774. The minimum Gasteiger partial charge on any atom is -0.472 e. The van der Waals surface area contributed by atoms with E-state index in [4.69, 9.17) is 4.74 Å². The predicted octanol–water partition coefficient (Wildman–Crippen LogP) is 1.73. The van der Waals surface area contributed by atoms with Crippen LogP contribution in [-0.2, 0) is 6.18 Å². The lowest BCUT2D eigenvalue weighted by Gasteiger charge is -2.13. The summed E-state index contributed by atoms with van der Waals surface area (Å²) in [4.78, 5) is 3.95. The average molecular weight is 274 g/mol. The summed E-state index contributed by atoms with van der Waals surface area (Å²) in [5, 5.41) is 6.36. The first kappa shape index (κ1) is 13.6. The molecule has 1 unspecified atom stereocenters. The third-order valence-electron chi connectivity index (χ3n) is 2.45. The highest BCUT2D eigenvalue weighted by Gasteiger charge is 2.34. The Balaban J connectivity index is 2.37. The maximum Gasteiger partial charge on any atom is 0.435 e. The van der Waals surface area contributed by atoms with Gasteiger partial charge in [-0.2, -0.15) is 18.3 Å². The molecule has 0 fully saturated rings. The number of ether oxygens (including phenoxy) is 1. The predicted molar refractivity (Wildman–Crippen MR) is 62.0 cm³/mol. The lowest BCUT2D eigenvalue weighted by atomic mass is 10.3. The summed E-state index contributed by atoms with van der Waals surface area (Å²) < 4.78 is 44.4. The first-order valence-electron chi connectivity index (χ1n) is 5.64. The molecule has 0 amide bonds. The molecule has 0 aliphatic rings. The van der Waals surface area contributed by atoms with Crippen molar-refractivity contribution in [3.8, 4) is 5.88 Å². The molecule has 8 heteroatoms. The summed E-state index contributed by atoms with van der Waals surface area (Å²) in [6, 6.07) is 0.925. The fourth-order valence-electron chi connectivity index (χ4n) is 1.65. The van der Waals surface area contributed by atoms with Gasteiger partial charge in [0.25, 0.3) is 0 Å². The number of rotatable bonds is 4. The van der Waals surface area contributed by atoms with Gasteiger partial charge in [-0.05, 0) is 14.0 Å². The van der Waals surface area contributed by atoms with Gasteiger partial charge in [-0.25, -0.2) is 9.50 Å². The van der Waals surface area contributed by atoms with Gasteiger partial charge < -0.3 is 10.1 Å². The van der Waals surface area contributed by atoms with Crippen molar-refractivity contribution in [2.24, 2.45) is 0 Å². The zero-order chi connectivity index (χ0) is 14.0. The maximum absolute atomic E-state index is 12.6. The van der Waals surface area contributed by atoms with Crippen LogP contribution in [0.15, 0.2) is 18.5 Å². The molecule has 2 aromatic heterocycles. The summed E-state index contributed by atoms with van der Waals surface area (Å²) in [5.74, 6) is 0.133. The Bertz CT molecular complexity index is 567. The van der Waals surface area contributed by atoms with Gasteiger partial charge in [0, 0.05) is 25.0 Å². The summed E-state index contributed by atoms with van der Waals surface area (Å²) >= 11 is 0. The molecule has 1 atom stereocenters. The van der Waals surface area contributed by atoms with Crippen molar-refractivity contribution >= 4 is 5.52 Å². The van der Waals surface area contributed by atoms with E-state index in [-0.39, 0.29) is 17.5 Å². The summed E-state index contributed by atoms with van der Waals surface area (Å²) in [6.45, 7) is 2.35. The van der Waals surface area contributed by atoms with Gasteiger partial charge in [-0.1, -0.05) is 0 Å². The highest BCUT2D eigenvalue weighted by molar-refractivity contribution is 5.56. The van der Waals surface area contributed by atoms with E-state index in [1.165, 1.54) is 12.4 Å². The van der Waals surface area contributed by atoms with Gasteiger partial charge in [0.2, 0.25) is 5.88 Å². The second-order valence-electron chi connectivity index (χ2n) is 4.08. The summed E-state index contributed by atoms with van der Waals surface area (Å²) in [6.07, 6.45) is -2.00. The quantitative estimate of drug-likeness (QED) is 0.922. The van der Waals surface area contributed by atoms with Crippen molar-refractivity contribution in [3.05, 3.63) is 24.2 Å². The number of fused-ring (bicyclic) bond motifs is 1. The van der Waals surface area contributed by atoms with Crippen LogP contribution in [0, 0.1) is 0 Å². The highest BCUT2D eigenvalue weighted by atomic mass is 19.4. The Labute approximate surface area is 107 Å². The number of hydrogen-bond donors (Lipinski definition) is 1. The van der Waals surface area contributed by atoms with Gasteiger partial charge >= 0.3 is 6.18 Å². The Morgan fingerprint density at radius 2 is 2.21 bits per heavy atom. The van der Waals surface area contributed by atoms with E-state index in [9.17, 15) is 13.2 Å². The van der Waals surface area contributed by atoms with Crippen LogP contribution in [0.3, 0.4) is 0 Å². The number of nitrogens with zero attached hydrogens (tertiary/aromatic N) is 3. The van der Waals surface area contributed by atoms with Crippen LogP contribution < -0.4 is 10.1 Å². The number of halogens is 3. The van der Waals surface area contributed by atoms with Crippen molar-refractivity contribution in [2.45, 2.75) is 19.2 Å². The molecule has 2 aromatic rings. The van der Waals surface area contributed by atoms with Crippen LogP contribution >= 0.6 is 0 Å². The number of aromatic nitrogens is 3. The van der Waals surface area contributed by atoms with Gasteiger partial charge in [-0.15, -0.1) is 0 Å². The molecule has 0 spiro atoms. The highest BCUT2D eigenvalue weighted by Crippen LogP contribution is 2.30. The second kappa shape index (κ2) is 5.04. The molecule has 5 nitrogen and oxygen atoms in total. The zero-order valence-corrected chi connectivity index (χ0v) is 10.4. The molecule has 1 N–H and O–H groups in total. The van der Waals surface area contributed by atoms with Crippen molar-refractivity contribution in [3.63, 3.8) is 0 Å².